The summed E-state index contributed by atoms with van der Waals surface area (Å²) in [6.07, 6.45) is 0. The van der Waals surface area contributed by atoms with Gasteiger partial charge in [0.1, 0.15) is 0 Å². The summed E-state index contributed by atoms with van der Waals surface area (Å²) in [6.45, 7) is 1.51. The van der Waals surface area contributed by atoms with E-state index in [9.17, 15) is 9.59 Å². The molecule has 0 bridgehead atoms. The topological polar surface area (TPSA) is 34.1 Å². The van der Waals surface area contributed by atoms with E-state index in [1.807, 2.05) is 0 Å². The quantitative estimate of drug-likeness (QED) is 0.584. The maximum Gasteiger partial charge on any atom is 0.255 e. The van der Waals surface area contributed by atoms with Crippen LogP contribution < -0.4 is 0 Å². The van der Waals surface area contributed by atoms with Gasteiger partial charge in [0.2, 0.25) is 0 Å². The number of halogens is 5. The molecule has 7 heteroatoms. The molecule has 0 fully saturated rings. The Morgan fingerprint density at radius 2 is 1.25 bits per heavy atom. The van der Waals surface area contributed by atoms with Crippen molar-refractivity contribution in [2.45, 2.75) is 6.92 Å². The molecule has 16 heavy (non-hydrogen) atoms. The van der Waals surface area contributed by atoms with Crippen molar-refractivity contribution in [3.05, 3.63) is 31.8 Å². The molecule has 86 valence electrons. The molecule has 1 rings (SSSR count). The highest BCUT2D eigenvalue weighted by atomic mass is 35.5. The molecule has 0 radical (unpaired) electrons. The van der Waals surface area contributed by atoms with Gasteiger partial charge in [0.15, 0.2) is 0 Å². The Morgan fingerprint density at radius 3 is 1.62 bits per heavy atom. The van der Waals surface area contributed by atoms with Crippen LogP contribution in [0.3, 0.4) is 0 Å². The molecule has 0 aliphatic rings. The minimum Gasteiger partial charge on any atom is -0.276 e. The van der Waals surface area contributed by atoms with Gasteiger partial charge in [-0.3, -0.25) is 9.59 Å². The Balaban J connectivity index is 3.80. The highest BCUT2D eigenvalue weighted by Gasteiger charge is 2.25. The van der Waals surface area contributed by atoms with Crippen LogP contribution in [0.5, 0.6) is 0 Å². The van der Waals surface area contributed by atoms with Gasteiger partial charge in [-0.1, -0.05) is 34.8 Å². The van der Waals surface area contributed by atoms with Crippen molar-refractivity contribution in [2.75, 3.05) is 0 Å². The largest absolute Gasteiger partial charge is 0.276 e. The predicted octanol–water partition coefficient (Wildman–Crippen LogP) is 4.71. The zero-order valence-electron chi connectivity index (χ0n) is 7.71. The fourth-order valence-electron chi connectivity index (χ4n) is 1.18. The molecule has 0 spiro atoms. The molecule has 0 atom stereocenters. The van der Waals surface area contributed by atoms with E-state index in [1.165, 1.54) is 6.92 Å². The van der Waals surface area contributed by atoms with E-state index in [4.69, 9.17) is 58.0 Å². The minimum absolute atomic E-state index is 0.0269. The van der Waals surface area contributed by atoms with Gasteiger partial charge < -0.3 is 0 Å². The first-order chi connectivity index (χ1) is 7.29. The van der Waals surface area contributed by atoms with E-state index >= 15 is 0 Å². The smallest absolute Gasteiger partial charge is 0.255 e. The second kappa shape index (κ2) is 5.11. The summed E-state index contributed by atoms with van der Waals surface area (Å²) in [6, 6.07) is 0. The number of benzene rings is 1. The van der Waals surface area contributed by atoms with E-state index in [2.05, 4.69) is 0 Å². The molecule has 0 N–H and O–H groups in total. The number of carbonyl (C=O) groups excluding carboxylic acids is 2. The third kappa shape index (κ3) is 2.31. The van der Waals surface area contributed by atoms with E-state index in [-0.39, 0.29) is 26.2 Å². The molecule has 2 nitrogen and oxygen atoms in total. The van der Waals surface area contributed by atoms with Crippen molar-refractivity contribution in [2.24, 2.45) is 0 Å². The van der Waals surface area contributed by atoms with Gasteiger partial charge in [-0.15, -0.1) is 0 Å². The van der Waals surface area contributed by atoms with Gasteiger partial charge in [-0.25, -0.2) is 0 Å². The SMILES string of the molecule is Cc1c(Cl)c(Cl)c(C(=O)Cl)c(Cl)c1C(=O)Cl. The van der Waals surface area contributed by atoms with Gasteiger partial charge in [0, 0.05) is 0 Å². The second-order valence-corrected chi connectivity index (χ2v) is 4.68. The first-order valence-electron chi connectivity index (χ1n) is 3.85. The molecule has 0 aromatic heterocycles. The van der Waals surface area contributed by atoms with Gasteiger partial charge in [-0.05, 0) is 35.7 Å². The summed E-state index contributed by atoms with van der Waals surface area (Å²) in [7, 11) is 0. The van der Waals surface area contributed by atoms with Crippen molar-refractivity contribution in [3.8, 4) is 0 Å². The molecule has 0 amide bonds. The second-order valence-electron chi connectivity index (χ2n) is 2.86. The zero-order chi connectivity index (χ0) is 12.6. The lowest BCUT2D eigenvalue weighted by Gasteiger charge is -2.11. The first-order valence-corrected chi connectivity index (χ1v) is 5.74. The normalized spacial score (nSPS) is 10.4. The Morgan fingerprint density at radius 1 is 0.812 bits per heavy atom. The van der Waals surface area contributed by atoms with Gasteiger partial charge >= 0.3 is 0 Å². The fourth-order valence-corrected chi connectivity index (χ4v) is 2.71. The molecule has 0 aliphatic carbocycles. The van der Waals surface area contributed by atoms with Crippen LogP contribution in [-0.2, 0) is 0 Å². The first kappa shape index (κ1) is 14.1. The standard InChI is InChI=1S/C9H3Cl5O2/c1-2-3(8(13)15)6(11)4(9(14)16)7(12)5(2)10/h1H3. The summed E-state index contributed by atoms with van der Waals surface area (Å²) in [5, 5.41) is -1.99. The average Bonchev–Trinajstić information content (AvgIpc) is 2.13. The number of hydrogen-bond acceptors (Lipinski definition) is 2. The molecule has 0 aliphatic heterocycles. The van der Waals surface area contributed by atoms with Crippen molar-refractivity contribution >= 4 is 68.5 Å². The van der Waals surface area contributed by atoms with Crippen LogP contribution in [0.2, 0.25) is 15.1 Å². The Labute approximate surface area is 116 Å². The lowest BCUT2D eigenvalue weighted by Crippen LogP contribution is -2.03. The van der Waals surface area contributed by atoms with Gasteiger partial charge in [0.05, 0.1) is 26.2 Å². The number of hydrogen-bond donors (Lipinski definition) is 0. The summed E-state index contributed by atoms with van der Waals surface area (Å²) in [5.74, 6) is 0. The highest BCUT2D eigenvalue weighted by molar-refractivity contribution is 6.72. The number of carbonyl (C=O) groups is 2. The Kier molecular flexibility index (Phi) is 4.49. The Hall–Kier alpha value is 0.01000. The van der Waals surface area contributed by atoms with Crippen molar-refractivity contribution in [1.82, 2.24) is 0 Å². The van der Waals surface area contributed by atoms with Crippen LogP contribution >= 0.6 is 58.0 Å². The molecule has 1 aromatic rings. The Bertz CT molecular complexity index is 454. The van der Waals surface area contributed by atoms with Gasteiger partial charge in [-0.2, -0.15) is 0 Å². The van der Waals surface area contributed by atoms with E-state index in [0.717, 1.165) is 0 Å². The lowest BCUT2D eigenvalue weighted by atomic mass is 10.1. The fraction of sp³-hybridized carbons (Fsp3) is 0.111. The monoisotopic (exact) mass is 318 g/mol. The summed E-state index contributed by atoms with van der Waals surface area (Å²) < 4.78 is 0. The molecular weight excluding hydrogens is 317 g/mol. The van der Waals surface area contributed by atoms with Crippen LogP contribution in [0, 0.1) is 6.92 Å². The summed E-state index contributed by atoms with van der Waals surface area (Å²) >= 11 is 28.1. The van der Waals surface area contributed by atoms with Crippen molar-refractivity contribution in [1.29, 1.82) is 0 Å². The molecule has 0 unspecified atom stereocenters. The third-order valence-corrected chi connectivity index (χ3v) is 3.65. The number of rotatable bonds is 2. The molecule has 0 saturated carbocycles. The molecule has 0 saturated heterocycles. The minimum atomic E-state index is -0.906. The van der Waals surface area contributed by atoms with Crippen LogP contribution in [-0.4, -0.2) is 10.5 Å². The molecule has 1 aromatic carbocycles. The van der Waals surface area contributed by atoms with Crippen LogP contribution in [0.4, 0.5) is 0 Å². The lowest BCUT2D eigenvalue weighted by molar-refractivity contribution is 0.107. The third-order valence-electron chi connectivity index (χ3n) is 1.95. The highest BCUT2D eigenvalue weighted by Crippen LogP contribution is 2.39. The molecule has 0 heterocycles. The summed E-state index contributed by atoms with van der Waals surface area (Å²) in [4.78, 5) is 22.3. The van der Waals surface area contributed by atoms with Crippen molar-refractivity contribution < 1.29 is 9.59 Å². The van der Waals surface area contributed by atoms with Crippen LogP contribution in [0.25, 0.3) is 0 Å². The zero-order valence-corrected chi connectivity index (χ0v) is 11.5. The average molecular weight is 320 g/mol. The van der Waals surface area contributed by atoms with E-state index in [1.54, 1.807) is 0 Å². The summed E-state index contributed by atoms with van der Waals surface area (Å²) in [5.41, 5.74) is 0.0182. The van der Waals surface area contributed by atoms with Crippen LogP contribution in [0.1, 0.15) is 26.3 Å². The predicted molar refractivity (Wildman–Crippen MR) is 66.6 cm³/mol. The van der Waals surface area contributed by atoms with E-state index in [0.29, 0.717) is 5.56 Å². The maximum absolute atomic E-state index is 11.2. The van der Waals surface area contributed by atoms with Gasteiger partial charge in [0.25, 0.3) is 10.5 Å². The van der Waals surface area contributed by atoms with E-state index < -0.39 is 10.5 Å². The van der Waals surface area contributed by atoms with Crippen LogP contribution in [0.15, 0.2) is 0 Å². The molecular formula is C9H3Cl5O2. The maximum atomic E-state index is 11.2. The van der Waals surface area contributed by atoms with Crippen molar-refractivity contribution in [3.63, 3.8) is 0 Å².